The van der Waals surface area contributed by atoms with Crippen molar-refractivity contribution < 1.29 is 9.84 Å². The molecule has 0 aliphatic carbocycles. The van der Waals surface area contributed by atoms with Crippen molar-refractivity contribution in [2.24, 2.45) is 0 Å². The SMILES string of the molecule is CCCn1ccnc1CC(O)C(C)(C)OCC. The molecule has 98 valence electrons. The summed E-state index contributed by atoms with van der Waals surface area (Å²) in [6.07, 6.45) is 4.79. The van der Waals surface area contributed by atoms with E-state index in [-0.39, 0.29) is 0 Å². The zero-order valence-electron chi connectivity index (χ0n) is 11.3. The van der Waals surface area contributed by atoms with Crippen LogP contribution >= 0.6 is 0 Å². The number of hydrogen-bond acceptors (Lipinski definition) is 3. The van der Waals surface area contributed by atoms with Crippen LogP contribution in [-0.4, -0.2) is 33.0 Å². The van der Waals surface area contributed by atoms with Gasteiger partial charge in [-0.1, -0.05) is 6.92 Å². The van der Waals surface area contributed by atoms with Gasteiger partial charge in [0.1, 0.15) is 5.82 Å². The van der Waals surface area contributed by atoms with E-state index in [1.165, 1.54) is 0 Å². The number of rotatable bonds is 7. The molecule has 0 bridgehead atoms. The lowest BCUT2D eigenvalue weighted by Crippen LogP contribution is -2.41. The Labute approximate surface area is 104 Å². The Morgan fingerprint density at radius 2 is 2.18 bits per heavy atom. The van der Waals surface area contributed by atoms with Gasteiger partial charge in [0.15, 0.2) is 0 Å². The minimum Gasteiger partial charge on any atom is -0.390 e. The summed E-state index contributed by atoms with van der Waals surface area (Å²) in [6, 6.07) is 0. The molecule has 0 saturated carbocycles. The number of hydrogen-bond donors (Lipinski definition) is 1. The van der Waals surface area contributed by atoms with E-state index in [2.05, 4.69) is 16.5 Å². The predicted octanol–water partition coefficient (Wildman–Crippen LogP) is 2.01. The van der Waals surface area contributed by atoms with Crippen molar-refractivity contribution in [2.45, 2.75) is 58.8 Å². The minimum absolute atomic E-state index is 0.528. The third kappa shape index (κ3) is 3.82. The molecule has 0 aliphatic heterocycles. The first-order chi connectivity index (χ1) is 8.01. The molecule has 0 aliphatic rings. The minimum atomic E-state index is -0.541. The number of aliphatic hydroxyl groups excluding tert-OH is 1. The summed E-state index contributed by atoms with van der Waals surface area (Å²) in [6.45, 7) is 9.43. The Morgan fingerprint density at radius 3 is 2.76 bits per heavy atom. The molecule has 0 aromatic carbocycles. The average Bonchev–Trinajstić information content (AvgIpc) is 2.66. The molecule has 4 nitrogen and oxygen atoms in total. The van der Waals surface area contributed by atoms with E-state index in [9.17, 15) is 5.11 Å². The van der Waals surface area contributed by atoms with Crippen LogP contribution in [0.5, 0.6) is 0 Å². The maximum atomic E-state index is 10.2. The lowest BCUT2D eigenvalue weighted by Gasteiger charge is -2.30. The zero-order valence-corrected chi connectivity index (χ0v) is 11.3. The van der Waals surface area contributed by atoms with Crippen LogP contribution in [0.3, 0.4) is 0 Å². The quantitative estimate of drug-likeness (QED) is 0.793. The zero-order chi connectivity index (χ0) is 12.9. The first kappa shape index (κ1) is 14.2. The predicted molar refractivity (Wildman–Crippen MR) is 67.9 cm³/mol. The highest BCUT2D eigenvalue weighted by atomic mass is 16.5. The average molecular weight is 240 g/mol. The van der Waals surface area contributed by atoms with Gasteiger partial charge >= 0.3 is 0 Å². The molecule has 0 saturated heterocycles. The molecule has 0 fully saturated rings. The van der Waals surface area contributed by atoms with Crippen molar-refractivity contribution in [3.63, 3.8) is 0 Å². The van der Waals surface area contributed by atoms with Gasteiger partial charge in [0.2, 0.25) is 0 Å². The van der Waals surface area contributed by atoms with Gasteiger partial charge in [0.25, 0.3) is 0 Å². The van der Waals surface area contributed by atoms with Crippen molar-refractivity contribution in [3.05, 3.63) is 18.2 Å². The number of imidazole rings is 1. The number of nitrogens with zero attached hydrogens (tertiary/aromatic N) is 2. The first-order valence-corrected chi connectivity index (χ1v) is 6.33. The van der Waals surface area contributed by atoms with Gasteiger partial charge in [-0.2, -0.15) is 0 Å². The van der Waals surface area contributed by atoms with Gasteiger partial charge in [-0.15, -0.1) is 0 Å². The van der Waals surface area contributed by atoms with E-state index in [1.807, 2.05) is 27.0 Å². The molecule has 1 N–H and O–H groups in total. The first-order valence-electron chi connectivity index (χ1n) is 6.33. The molecule has 0 spiro atoms. The molecule has 0 amide bonds. The van der Waals surface area contributed by atoms with E-state index in [0.717, 1.165) is 18.8 Å². The lowest BCUT2D eigenvalue weighted by molar-refractivity contribution is -0.0963. The Balaban J connectivity index is 2.66. The molecule has 1 atom stereocenters. The van der Waals surface area contributed by atoms with Crippen molar-refractivity contribution >= 4 is 0 Å². The topological polar surface area (TPSA) is 47.3 Å². The molecule has 17 heavy (non-hydrogen) atoms. The summed E-state index contributed by atoms with van der Waals surface area (Å²) >= 11 is 0. The number of aliphatic hydroxyl groups is 1. The monoisotopic (exact) mass is 240 g/mol. The van der Waals surface area contributed by atoms with E-state index in [4.69, 9.17) is 4.74 Å². The second-order valence-corrected chi connectivity index (χ2v) is 4.79. The van der Waals surface area contributed by atoms with Crippen LogP contribution in [0.1, 0.15) is 39.9 Å². The van der Waals surface area contributed by atoms with E-state index >= 15 is 0 Å². The Morgan fingerprint density at radius 1 is 1.47 bits per heavy atom. The summed E-state index contributed by atoms with van der Waals surface area (Å²) < 4.78 is 7.64. The van der Waals surface area contributed by atoms with Crippen molar-refractivity contribution in [1.82, 2.24) is 9.55 Å². The highest BCUT2D eigenvalue weighted by molar-refractivity contribution is 4.97. The molecule has 1 unspecified atom stereocenters. The highest BCUT2D eigenvalue weighted by Crippen LogP contribution is 2.18. The summed E-state index contributed by atoms with van der Waals surface area (Å²) in [4.78, 5) is 4.30. The Bertz CT molecular complexity index is 334. The maximum Gasteiger partial charge on any atom is 0.111 e. The molecular formula is C13H24N2O2. The van der Waals surface area contributed by atoms with E-state index in [0.29, 0.717) is 13.0 Å². The van der Waals surface area contributed by atoms with Gasteiger partial charge in [0.05, 0.1) is 11.7 Å². The fourth-order valence-corrected chi connectivity index (χ4v) is 1.86. The van der Waals surface area contributed by atoms with Crippen LogP contribution in [0.4, 0.5) is 0 Å². The summed E-state index contributed by atoms with van der Waals surface area (Å²) in [7, 11) is 0. The normalized spacial score (nSPS) is 13.9. The summed E-state index contributed by atoms with van der Waals surface area (Å²) in [5.41, 5.74) is -0.530. The molecule has 1 aromatic heterocycles. The number of aryl methyl sites for hydroxylation is 1. The molecule has 0 radical (unpaired) electrons. The van der Waals surface area contributed by atoms with E-state index < -0.39 is 11.7 Å². The molecule has 1 rings (SSSR count). The fraction of sp³-hybridized carbons (Fsp3) is 0.769. The molecular weight excluding hydrogens is 216 g/mol. The van der Waals surface area contributed by atoms with Gasteiger partial charge in [-0.3, -0.25) is 0 Å². The van der Waals surface area contributed by atoms with Crippen molar-refractivity contribution in [3.8, 4) is 0 Å². The van der Waals surface area contributed by atoms with Crippen LogP contribution in [0.2, 0.25) is 0 Å². The van der Waals surface area contributed by atoms with Crippen LogP contribution < -0.4 is 0 Å². The molecule has 4 heteroatoms. The molecule has 1 aromatic rings. The van der Waals surface area contributed by atoms with Crippen LogP contribution in [-0.2, 0) is 17.7 Å². The fourth-order valence-electron chi connectivity index (χ4n) is 1.86. The van der Waals surface area contributed by atoms with Crippen molar-refractivity contribution in [1.29, 1.82) is 0 Å². The van der Waals surface area contributed by atoms with Crippen LogP contribution in [0.15, 0.2) is 12.4 Å². The van der Waals surface area contributed by atoms with Gasteiger partial charge < -0.3 is 14.4 Å². The van der Waals surface area contributed by atoms with Crippen LogP contribution in [0.25, 0.3) is 0 Å². The standard InChI is InChI=1S/C13H24N2O2/c1-5-8-15-9-7-14-12(15)10-11(16)13(3,4)17-6-2/h7,9,11,16H,5-6,8,10H2,1-4H3. The Kier molecular flexibility index (Phi) is 5.15. The third-order valence-electron chi connectivity index (χ3n) is 2.96. The lowest BCUT2D eigenvalue weighted by atomic mass is 9.98. The van der Waals surface area contributed by atoms with Gasteiger partial charge in [-0.05, 0) is 27.2 Å². The summed E-state index contributed by atoms with van der Waals surface area (Å²) in [5.74, 6) is 0.923. The Hall–Kier alpha value is -0.870. The maximum absolute atomic E-state index is 10.2. The number of aromatic nitrogens is 2. The smallest absolute Gasteiger partial charge is 0.111 e. The van der Waals surface area contributed by atoms with Gasteiger partial charge in [0, 0.05) is 32.0 Å². The second kappa shape index (κ2) is 6.17. The van der Waals surface area contributed by atoms with Gasteiger partial charge in [-0.25, -0.2) is 4.98 Å². The third-order valence-corrected chi connectivity index (χ3v) is 2.96. The highest BCUT2D eigenvalue weighted by Gasteiger charge is 2.29. The summed E-state index contributed by atoms with van der Waals surface area (Å²) in [5, 5.41) is 10.2. The number of ether oxygens (including phenoxy) is 1. The van der Waals surface area contributed by atoms with Crippen molar-refractivity contribution in [2.75, 3.05) is 6.61 Å². The largest absolute Gasteiger partial charge is 0.390 e. The van der Waals surface area contributed by atoms with Crippen LogP contribution in [0, 0.1) is 0 Å². The molecule has 1 heterocycles. The van der Waals surface area contributed by atoms with E-state index in [1.54, 1.807) is 6.20 Å². The second-order valence-electron chi connectivity index (χ2n) is 4.79.